The fourth-order valence-electron chi connectivity index (χ4n) is 2.36. The van der Waals surface area contributed by atoms with Gasteiger partial charge >= 0.3 is 0 Å². The van der Waals surface area contributed by atoms with E-state index in [1.165, 1.54) is 5.56 Å². The topological polar surface area (TPSA) is 47.8 Å². The fraction of sp³-hybridized carbons (Fsp3) is 0.167. The van der Waals surface area contributed by atoms with Crippen molar-refractivity contribution in [3.05, 3.63) is 93.9 Å². The number of rotatable bonds is 4. The molecule has 110 valence electrons. The van der Waals surface area contributed by atoms with Gasteiger partial charge in [-0.25, -0.2) is 0 Å². The van der Waals surface area contributed by atoms with Crippen LogP contribution < -0.4 is 5.56 Å². The molecule has 0 spiro atoms. The van der Waals surface area contributed by atoms with Crippen molar-refractivity contribution in [1.82, 2.24) is 14.5 Å². The minimum atomic E-state index is -0.0185. The Morgan fingerprint density at radius 3 is 2.68 bits per heavy atom. The quantitative estimate of drug-likeness (QED) is 0.742. The first-order chi connectivity index (χ1) is 10.7. The molecule has 3 rings (SSSR count). The zero-order valence-corrected chi connectivity index (χ0v) is 12.4. The lowest BCUT2D eigenvalue weighted by Gasteiger charge is -2.07. The first-order valence-electron chi connectivity index (χ1n) is 7.22. The number of hydrogen-bond donors (Lipinski definition) is 0. The van der Waals surface area contributed by atoms with Crippen LogP contribution in [-0.2, 0) is 13.0 Å². The maximum Gasteiger partial charge on any atom is 0.250 e. The molecule has 3 aromatic heterocycles. The molecule has 0 radical (unpaired) electrons. The van der Waals surface area contributed by atoms with Gasteiger partial charge in [0.15, 0.2) is 0 Å². The molecule has 0 amide bonds. The molecule has 4 nitrogen and oxygen atoms in total. The third kappa shape index (κ3) is 3.47. The Hall–Kier alpha value is -2.75. The summed E-state index contributed by atoms with van der Waals surface area (Å²) < 4.78 is 1.65. The van der Waals surface area contributed by atoms with E-state index in [2.05, 4.69) is 23.0 Å². The smallest absolute Gasteiger partial charge is 0.250 e. The van der Waals surface area contributed by atoms with Crippen molar-refractivity contribution < 1.29 is 0 Å². The number of hydrogen-bond acceptors (Lipinski definition) is 3. The van der Waals surface area contributed by atoms with Crippen molar-refractivity contribution in [2.75, 3.05) is 0 Å². The second-order valence-corrected chi connectivity index (χ2v) is 5.29. The molecule has 0 aromatic carbocycles. The lowest BCUT2D eigenvalue weighted by atomic mass is 10.1. The van der Waals surface area contributed by atoms with E-state index in [1.54, 1.807) is 22.9 Å². The molecule has 0 saturated heterocycles. The van der Waals surface area contributed by atoms with Gasteiger partial charge in [-0.3, -0.25) is 14.8 Å². The van der Waals surface area contributed by atoms with E-state index in [1.807, 2.05) is 36.5 Å². The third-order valence-electron chi connectivity index (χ3n) is 3.43. The summed E-state index contributed by atoms with van der Waals surface area (Å²) in [5, 5.41) is 0. The standard InChI is InChI=1S/C18H17N3O/c1-14-8-9-19-17(11-14)12-15-5-4-6-16(20-15)13-21-10-3-2-7-18(21)22/h2-11H,12-13H2,1H3. The Morgan fingerprint density at radius 1 is 1.00 bits per heavy atom. The monoisotopic (exact) mass is 291 g/mol. The second kappa shape index (κ2) is 6.35. The van der Waals surface area contributed by atoms with Crippen LogP contribution in [0.3, 0.4) is 0 Å². The van der Waals surface area contributed by atoms with E-state index < -0.39 is 0 Å². The van der Waals surface area contributed by atoms with Crippen molar-refractivity contribution in [3.8, 4) is 0 Å². The van der Waals surface area contributed by atoms with Gasteiger partial charge in [-0.2, -0.15) is 0 Å². The summed E-state index contributed by atoms with van der Waals surface area (Å²) in [5.41, 5.74) is 4.01. The number of aryl methyl sites for hydroxylation is 1. The summed E-state index contributed by atoms with van der Waals surface area (Å²) in [6.07, 6.45) is 4.29. The Bertz CT molecular complexity index is 839. The highest BCUT2D eigenvalue weighted by atomic mass is 16.1. The second-order valence-electron chi connectivity index (χ2n) is 5.29. The Kier molecular flexibility index (Phi) is 4.10. The Morgan fingerprint density at radius 2 is 1.86 bits per heavy atom. The number of pyridine rings is 3. The van der Waals surface area contributed by atoms with Gasteiger partial charge in [0.1, 0.15) is 0 Å². The lowest BCUT2D eigenvalue weighted by molar-refractivity contribution is 0.734. The van der Waals surface area contributed by atoms with Crippen LogP contribution >= 0.6 is 0 Å². The first-order valence-corrected chi connectivity index (χ1v) is 7.22. The van der Waals surface area contributed by atoms with Gasteiger partial charge in [-0.1, -0.05) is 12.1 Å². The van der Waals surface area contributed by atoms with Crippen LogP contribution in [0.15, 0.2) is 65.7 Å². The van der Waals surface area contributed by atoms with Gasteiger partial charge in [0.05, 0.1) is 12.2 Å². The van der Waals surface area contributed by atoms with Crippen LogP contribution in [0.1, 0.15) is 22.6 Å². The normalized spacial score (nSPS) is 10.6. The minimum Gasteiger partial charge on any atom is -0.310 e. The summed E-state index contributed by atoms with van der Waals surface area (Å²) in [7, 11) is 0. The zero-order chi connectivity index (χ0) is 15.4. The van der Waals surface area contributed by atoms with Gasteiger partial charge in [0.2, 0.25) is 0 Å². The SMILES string of the molecule is Cc1ccnc(Cc2cccc(Cn3ccccc3=O)n2)c1. The maximum absolute atomic E-state index is 11.8. The van der Waals surface area contributed by atoms with E-state index in [-0.39, 0.29) is 5.56 Å². The van der Waals surface area contributed by atoms with Crippen LogP contribution in [-0.4, -0.2) is 14.5 Å². The minimum absolute atomic E-state index is 0.0185. The Balaban J connectivity index is 1.81. The third-order valence-corrected chi connectivity index (χ3v) is 3.43. The fourth-order valence-corrected chi connectivity index (χ4v) is 2.36. The summed E-state index contributed by atoms with van der Waals surface area (Å²) in [4.78, 5) is 20.8. The van der Waals surface area contributed by atoms with Gasteiger partial charge in [-0.15, -0.1) is 0 Å². The molecule has 0 aliphatic carbocycles. The van der Waals surface area contributed by atoms with Crippen molar-refractivity contribution in [3.63, 3.8) is 0 Å². The first kappa shape index (κ1) is 14.2. The summed E-state index contributed by atoms with van der Waals surface area (Å²) in [6.45, 7) is 2.53. The van der Waals surface area contributed by atoms with E-state index in [4.69, 9.17) is 0 Å². The Labute approximate surface area is 129 Å². The van der Waals surface area contributed by atoms with Gasteiger partial charge in [-0.05, 0) is 42.8 Å². The molecular weight excluding hydrogens is 274 g/mol. The van der Waals surface area contributed by atoms with E-state index >= 15 is 0 Å². The molecule has 0 atom stereocenters. The molecule has 3 heterocycles. The molecule has 0 unspecified atom stereocenters. The maximum atomic E-state index is 11.8. The van der Waals surface area contributed by atoms with E-state index in [0.717, 1.165) is 17.1 Å². The van der Waals surface area contributed by atoms with Crippen LogP contribution in [0, 0.1) is 6.92 Å². The summed E-state index contributed by atoms with van der Waals surface area (Å²) in [5.74, 6) is 0. The lowest BCUT2D eigenvalue weighted by Crippen LogP contribution is -2.19. The van der Waals surface area contributed by atoms with Gasteiger partial charge in [0.25, 0.3) is 5.56 Å². The zero-order valence-electron chi connectivity index (χ0n) is 12.4. The van der Waals surface area contributed by atoms with Gasteiger partial charge < -0.3 is 4.57 Å². The highest BCUT2D eigenvalue weighted by molar-refractivity contribution is 5.21. The molecular formula is C18H17N3O. The van der Waals surface area contributed by atoms with Crippen LogP contribution in [0.2, 0.25) is 0 Å². The molecule has 22 heavy (non-hydrogen) atoms. The molecule has 0 aliphatic rings. The molecule has 0 aliphatic heterocycles. The average Bonchev–Trinajstić information content (AvgIpc) is 2.50. The van der Waals surface area contributed by atoms with E-state index in [0.29, 0.717) is 13.0 Å². The molecule has 0 saturated carbocycles. The average molecular weight is 291 g/mol. The van der Waals surface area contributed by atoms with Crippen molar-refractivity contribution in [2.45, 2.75) is 19.9 Å². The van der Waals surface area contributed by atoms with Gasteiger partial charge in [0, 0.05) is 36.3 Å². The molecule has 0 bridgehead atoms. The van der Waals surface area contributed by atoms with Crippen molar-refractivity contribution in [2.24, 2.45) is 0 Å². The molecule has 0 N–H and O–H groups in total. The summed E-state index contributed by atoms with van der Waals surface area (Å²) >= 11 is 0. The van der Waals surface area contributed by atoms with Crippen molar-refractivity contribution in [1.29, 1.82) is 0 Å². The number of aromatic nitrogens is 3. The molecule has 4 heteroatoms. The van der Waals surface area contributed by atoms with E-state index in [9.17, 15) is 4.79 Å². The summed E-state index contributed by atoms with van der Waals surface area (Å²) in [6, 6.07) is 15.1. The van der Waals surface area contributed by atoms with Crippen LogP contribution in [0.25, 0.3) is 0 Å². The number of nitrogens with zero attached hydrogens (tertiary/aromatic N) is 3. The molecule has 0 fully saturated rings. The predicted octanol–water partition coefficient (Wildman–Crippen LogP) is 2.59. The van der Waals surface area contributed by atoms with Crippen LogP contribution in [0.5, 0.6) is 0 Å². The highest BCUT2D eigenvalue weighted by Crippen LogP contribution is 2.08. The predicted molar refractivity (Wildman–Crippen MR) is 85.8 cm³/mol. The van der Waals surface area contributed by atoms with Crippen LogP contribution in [0.4, 0.5) is 0 Å². The van der Waals surface area contributed by atoms with Crippen molar-refractivity contribution >= 4 is 0 Å². The highest BCUT2D eigenvalue weighted by Gasteiger charge is 2.03. The molecule has 3 aromatic rings. The largest absolute Gasteiger partial charge is 0.310 e.